The molecule has 2 saturated heterocycles. The van der Waals surface area contributed by atoms with E-state index in [-0.39, 0.29) is 101 Å². The predicted octanol–water partition coefficient (Wildman–Crippen LogP) is 7.33. The highest BCUT2D eigenvalue weighted by Crippen LogP contribution is 2.45. The molecule has 65 heavy (non-hydrogen) atoms. The molecule has 2 aromatic carbocycles. The Labute approximate surface area is 364 Å². The number of halogens is 10. The van der Waals surface area contributed by atoms with Gasteiger partial charge in [-0.2, -0.15) is 49.7 Å². The van der Waals surface area contributed by atoms with Crippen molar-refractivity contribution in [3.8, 4) is 0 Å². The molecule has 2 fully saturated rings. The molecular weight excluding hydrogens is 883 g/mol. The number of hydrogen-bond donors (Lipinski definition) is 2. The van der Waals surface area contributed by atoms with Crippen LogP contribution in [0.2, 0.25) is 0 Å². The highest BCUT2D eigenvalue weighted by atomic mass is 19.4. The monoisotopic (exact) mass is 924 g/mol. The fourth-order valence-electron chi connectivity index (χ4n) is 9.67. The van der Waals surface area contributed by atoms with Gasteiger partial charge in [0.05, 0.1) is 11.1 Å². The average molecular weight is 925 g/mol. The highest BCUT2D eigenvalue weighted by molar-refractivity contribution is 5.95. The quantitative estimate of drug-likeness (QED) is 0.186. The molecular formula is C43H42F10N8O4. The van der Waals surface area contributed by atoms with E-state index in [4.69, 9.17) is 0 Å². The lowest BCUT2D eigenvalue weighted by molar-refractivity contribution is -0.162. The summed E-state index contributed by atoms with van der Waals surface area (Å²) < 4.78 is 140. The smallest absolute Gasteiger partial charge is 0.338 e. The zero-order chi connectivity index (χ0) is 46.6. The summed E-state index contributed by atoms with van der Waals surface area (Å²) in [6.07, 6.45) is -16.8. The molecule has 2 aromatic heterocycles. The number of likely N-dealkylation sites (tertiary alicyclic amines) is 2. The number of hydrogen-bond acceptors (Lipinski definition) is 6. The number of benzene rings is 2. The van der Waals surface area contributed by atoms with Crippen LogP contribution >= 0.6 is 0 Å². The van der Waals surface area contributed by atoms with Gasteiger partial charge in [0.15, 0.2) is 11.4 Å². The molecule has 4 aliphatic rings. The summed E-state index contributed by atoms with van der Waals surface area (Å²) in [4.78, 5) is 59.7. The van der Waals surface area contributed by atoms with Gasteiger partial charge >= 0.3 is 18.5 Å². The van der Waals surface area contributed by atoms with E-state index in [9.17, 15) is 58.7 Å². The van der Waals surface area contributed by atoms with E-state index in [1.807, 2.05) is 0 Å². The topological polar surface area (TPSA) is 139 Å². The number of nitrogens with one attached hydrogen (secondary N) is 2. The second kappa shape index (κ2) is 17.1. The van der Waals surface area contributed by atoms with Crippen molar-refractivity contribution in [2.24, 2.45) is 5.92 Å². The van der Waals surface area contributed by atoms with E-state index < -0.39 is 95.6 Å². The molecule has 4 aromatic rings. The fraction of sp³-hybridized carbons (Fsp3) is 0.488. The van der Waals surface area contributed by atoms with E-state index >= 15 is 4.39 Å². The maximum absolute atomic E-state index is 16.2. The van der Waals surface area contributed by atoms with Crippen LogP contribution in [0.4, 0.5) is 43.9 Å². The minimum Gasteiger partial charge on any atom is -0.338 e. The first-order chi connectivity index (χ1) is 30.6. The van der Waals surface area contributed by atoms with Gasteiger partial charge in [-0.15, -0.1) is 0 Å². The number of H-pyrrole nitrogens is 2. The van der Waals surface area contributed by atoms with Crippen molar-refractivity contribution in [2.75, 3.05) is 39.3 Å². The third-order valence-electron chi connectivity index (χ3n) is 13.0. The van der Waals surface area contributed by atoms with Crippen LogP contribution in [0.3, 0.4) is 0 Å². The lowest BCUT2D eigenvalue weighted by atomic mass is 9.76. The molecule has 6 heterocycles. The third kappa shape index (κ3) is 9.29. The van der Waals surface area contributed by atoms with Gasteiger partial charge in [-0.25, -0.2) is 4.39 Å². The number of rotatable bonds is 7. The van der Waals surface area contributed by atoms with Gasteiger partial charge in [-0.05, 0) is 36.0 Å². The van der Waals surface area contributed by atoms with E-state index in [1.165, 1.54) is 45.0 Å². The van der Waals surface area contributed by atoms with Crippen molar-refractivity contribution in [3.63, 3.8) is 0 Å². The summed E-state index contributed by atoms with van der Waals surface area (Å²) in [5.74, 6) is -4.71. The van der Waals surface area contributed by atoms with Crippen molar-refractivity contribution in [2.45, 2.75) is 88.2 Å². The summed E-state index contributed by atoms with van der Waals surface area (Å²) >= 11 is 0. The van der Waals surface area contributed by atoms with Gasteiger partial charge in [-0.3, -0.25) is 29.4 Å². The zero-order valence-electron chi connectivity index (χ0n) is 34.5. The summed E-state index contributed by atoms with van der Waals surface area (Å²) in [5.41, 5.74) is -3.55. The lowest BCUT2D eigenvalue weighted by Crippen LogP contribution is -2.46. The van der Waals surface area contributed by atoms with E-state index in [0.717, 1.165) is 23.1 Å². The van der Waals surface area contributed by atoms with Gasteiger partial charge in [0.2, 0.25) is 11.8 Å². The number of amides is 4. The molecule has 0 bridgehead atoms. The number of aromatic nitrogens is 4. The van der Waals surface area contributed by atoms with Crippen LogP contribution < -0.4 is 0 Å². The maximum atomic E-state index is 16.2. The standard InChI is InChI=1S/C43H42F10N8O4/c44-40(30-7-3-4-8-31(30)43(51,52)53)12-17-58(18-13-40)38(64)36-27-22-59(15-10-32(27)54-56-36)34(62)19-24-21-61(14-9-25(24)26-5-1-2-6-29(26)42(48,49)50)39(65)37-28-23-60(16-11-33(28)55-57-37)35(63)20-41(45,46)47/h1-8,24-25H,9-23H2,(H,54,56)(H,55,57). The van der Waals surface area contributed by atoms with Crippen molar-refractivity contribution < 1.29 is 63.1 Å². The lowest BCUT2D eigenvalue weighted by Gasteiger charge is -2.40. The molecule has 0 radical (unpaired) electrons. The molecule has 0 saturated carbocycles. The molecule has 2 N–H and O–H groups in total. The number of aromatic amines is 2. The summed E-state index contributed by atoms with van der Waals surface area (Å²) in [6, 6.07) is 9.35. The van der Waals surface area contributed by atoms with E-state index in [2.05, 4.69) is 20.4 Å². The Morgan fingerprint density at radius 1 is 0.646 bits per heavy atom. The van der Waals surface area contributed by atoms with E-state index in [1.54, 1.807) is 0 Å². The molecule has 0 aliphatic carbocycles. The fourth-order valence-corrected chi connectivity index (χ4v) is 9.67. The highest BCUT2D eigenvalue weighted by Gasteiger charge is 2.46. The molecule has 12 nitrogen and oxygen atoms in total. The Hall–Kier alpha value is -5.96. The summed E-state index contributed by atoms with van der Waals surface area (Å²) in [7, 11) is 0. The second-order valence-corrected chi connectivity index (χ2v) is 17.0. The first-order valence-electron chi connectivity index (χ1n) is 21.0. The Bertz CT molecular complexity index is 2470. The van der Waals surface area contributed by atoms with Crippen LogP contribution in [0.15, 0.2) is 48.5 Å². The van der Waals surface area contributed by atoms with Gasteiger partial charge in [0.25, 0.3) is 11.8 Å². The second-order valence-electron chi connectivity index (χ2n) is 17.0. The molecule has 4 aliphatic heterocycles. The molecule has 2 unspecified atom stereocenters. The van der Waals surface area contributed by atoms with Crippen molar-refractivity contribution in [1.29, 1.82) is 0 Å². The van der Waals surface area contributed by atoms with Crippen LogP contribution in [0, 0.1) is 5.92 Å². The number of fused-ring (bicyclic) bond motifs is 2. The van der Waals surface area contributed by atoms with Crippen LogP contribution in [0.5, 0.6) is 0 Å². The Kier molecular flexibility index (Phi) is 12.0. The Balaban J connectivity index is 0.990. The van der Waals surface area contributed by atoms with Crippen LogP contribution in [0.1, 0.15) is 104 Å². The van der Waals surface area contributed by atoms with Gasteiger partial charge < -0.3 is 19.6 Å². The number of nitrogens with zero attached hydrogens (tertiary/aromatic N) is 6. The largest absolute Gasteiger partial charge is 0.416 e. The first kappa shape index (κ1) is 45.6. The average Bonchev–Trinajstić information content (AvgIpc) is 3.89. The first-order valence-corrected chi connectivity index (χ1v) is 21.0. The van der Waals surface area contributed by atoms with Gasteiger partial charge in [0.1, 0.15) is 12.1 Å². The molecule has 22 heteroatoms. The molecule has 0 spiro atoms. The van der Waals surface area contributed by atoms with Crippen LogP contribution in [-0.4, -0.2) is 109 Å². The Morgan fingerprint density at radius 2 is 1.17 bits per heavy atom. The maximum Gasteiger partial charge on any atom is 0.416 e. The van der Waals surface area contributed by atoms with Crippen molar-refractivity contribution in [1.82, 2.24) is 40.0 Å². The number of carbonyl (C=O) groups excluding carboxylic acids is 4. The summed E-state index contributed by atoms with van der Waals surface area (Å²) in [5, 5.41) is 13.9. The minimum absolute atomic E-state index is 0.00189. The zero-order valence-corrected chi connectivity index (χ0v) is 34.5. The predicted molar refractivity (Wildman–Crippen MR) is 208 cm³/mol. The SMILES string of the molecule is O=C(CC1CN(C(=O)c2n[nH]c3c2CN(C(=O)CC(F)(F)F)CC3)CCC1c1ccccc1C(F)(F)F)N1CCc2[nH]nc(C(=O)N3CCC(F)(c4ccccc4C(F)(F)F)CC3)c2C1. The number of carbonyl (C=O) groups is 4. The normalized spacial score (nSPS) is 20.3. The molecule has 8 rings (SSSR count). The Morgan fingerprint density at radius 3 is 1.74 bits per heavy atom. The van der Waals surface area contributed by atoms with Gasteiger partial charge in [-0.1, -0.05) is 36.4 Å². The minimum atomic E-state index is -4.79. The van der Waals surface area contributed by atoms with E-state index in [0.29, 0.717) is 17.0 Å². The molecule has 4 amide bonds. The summed E-state index contributed by atoms with van der Waals surface area (Å²) in [6.45, 7) is -1.06. The molecule has 348 valence electrons. The van der Waals surface area contributed by atoms with Crippen molar-refractivity contribution >= 4 is 23.6 Å². The van der Waals surface area contributed by atoms with Crippen LogP contribution in [0.25, 0.3) is 0 Å². The number of alkyl halides is 10. The van der Waals surface area contributed by atoms with Crippen molar-refractivity contribution in [3.05, 3.63) is 105 Å². The number of piperidine rings is 2. The van der Waals surface area contributed by atoms with Gasteiger partial charge in [0, 0.05) is 113 Å². The van der Waals surface area contributed by atoms with Crippen LogP contribution in [-0.2, 0) is 53.5 Å². The molecule has 2 atom stereocenters. The third-order valence-corrected chi connectivity index (χ3v) is 13.0.